The quantitative estimate of drug-likeness (QED) is 0.808. The van der Waals surface area contributed by atoms with Crippen LogP contribution in [0.1, 0.15) is 26.3 Å². The zero-order valence-corrected chi connectivity index (χ0v) is 9.94. The minimum Gasteiger partial charge on any atom is -0.341 e. The Morgan fingerprint density at radius 2 is 1.80 bits per heavy atom. The third kappa shape index (κ3) is 3.47. The summed E-state index contributed by atoms with van der Waals surface area (Å²) in [4.78, 5) is 10.7. The number of nitrogens with zero attached hydrogens (tertiary/aromatic N) is 3. The van der Waals surface area contributed by atoms with Crippen LogP contribution >= 0.6 is 0 Å². The van der Waals surface area contributed by atoms with Gasteiger partial charge in [0.05, 0.1) is 0 Å². The van der Waals surface area contributed by atoms with E-state index in [2.05, 4.69) is 23.8 Å². The molecule has 0 spiro atoms. The Hall–Kier alpha value is -1.16. The van der Waals surface area contributed by atoms with Crippen LogP contribution < -0.4 is 10.6 Å². The van der Waals surface area contributed by atoms with E-state index in [-0.39, 0.29) is 6.04 Å². The molecule has 0 aliphatic heterocycles. The lowest BCUT2D eigenvalue weighted by atomic mass is 10.1. The minimum absolute atomic E-state index is 0.155. The van der Waals surface area contributed by atoms with Gasteiger partial charge in [0, 0.05) is 31.5 Å². The fraction of sp³-hybridized carbons (Fsp3) is 0.636. The lowest BCUT2D eigenvalue weighted by Crippen LogP contribution is -2.27. The van der Waals surface area contributed by atoms with E-state index < -0.39 is 0 Å². The molecule has 2 N–H and O–H groups in total. The summed E-state index contributed by atoms with van der Waals surface area (Å²) in [5.74, 6) is 0.762. The second-order valence-corrected chi connectivity index (χ2v) is 4.28. The monoisotopic (exact) mass is 208 g/mol. The van der Waals surface area contributed by atoms with Crippen LogP contribution in [0.25, 0.3) is 0 Å². The number of anilines is 1. The molecule has 0 amide bonds. The van der Waals surface area contributed by atoms with Crippen LogP contribution in [0.3, 0.4) is 0 Å². The van der Waals surface area contributed by atoms with E-state index >= 15 is 0 Å². The van der Waals surface area contributed by atoms with Crippen molar-refractivity contribution in [2.75, 3.05) is 11.9 Å². The molecule has 0 radical (unpaired) electrons. The van der Waals surface area contributed by atoms with Gasteiger partial charge >= 0.3 is 0 Å². The average molecular weight is 208 g/mol. The molecule has 1 aromatic rings. The Bertz CT molecular complexity index is 292. The van der Waals surface area contributed by atoms with Crippen LogP contribution in [-0.2, 0) is 6.42 Å². The Morgan fingerprint density at radius 1 is 1.27 bits per heavy atom. The molecular weight excluding hydrogens is 188 g/mol. The van der Waals surface area contributed by atoms with Crippen molar-refractivity contribution in [1.82, 2.24) is 9.97 Å². The molecule has 0 bridgehead atoms. The van der Waals surface area contributed by atoms with Crippen LogP contribution in [0.4, 0.5) is 5.95 Å². The fourth-order valence-electron chi connectivity index (χ4n) is 1.24. The van der Waals surface area contributed by atoms with Crippen LogP contribution in [0.15, 0.2) is 12.4 Å². The maximum absolute atomic E-state index is 5.70. The number of nitrogens with two attached hydrogens (primary N) is 1. The highest BCUT2D eigenvalue weighted by Crippen LogP contribution is 2.08. The largest absolute Gasteiger partial charge is 0.341 e. The summed E-state index contributed by atoms with van der Waals surface area (Å²) in [6.07, 6.45) is 4.53. The van der Waals surface area contributed by atoms with E-state index in [1.807, 2.05) is 31.3 Å². The second-order valence-electron chi connectivity index (χ2n) is 4.28. The summed E-state index contributed by atoms with van der Waals surface area (Å²) in [7, 11) is 1.99. The van der Waals surface area contributed by atoms with Gasteiger partial charge in [-0.3, -0.25) is 0 Å². The maximum Gasteiger partial charge on any atom is 0.225 e. The van der Waals surface area contributed by atoms with Crippen molar-refractivity contribution in [1.29, 1.82) is 0 Å². The average Bonchev–Trinajstić information content (AvgIpc) is 2.17. The molecule has 1 rings (SSSR count). The summed E-state index contributed by atoms with van der Waals surface area (Å²) in [6, 6.07) is 0.562. The third-order valence-corrected chi connectivity index (χ3v) is 2.34. The predicted octanol–water partition coefficient (Wildman–Crippen LogP) is 1.21. The van der Waals surface area contributed by atoms with Gasteiger partial charge in [0.2, 0.25) is 5.95 Å². The molecule has 0 fully saturated rings. The van der Waals surface area contributed by atoms with Crippen molar-refractivity contribution in [3.63, 3.8) is 0 Å². The van der Waals surface area contributed by atoms with Gasteiger partial charge in [-0.15, -0.1) is 0 Å². The summed E-state index contributed by atoms with van der Waals surface area (Å²) in [5.41, 5.74) is 6.79. The van der Waals surface area contributed by atoms with Crippen LogP contribution in [-0.4, -0.2) is 29.1 Å². The van der Waals surface area contributed by atoms with Gasteiger partial charge in [-0.25, -0.2) is 9.97 Å². The third-order valence-electron chi connectivity index (χ3n) is 2.34. The highest BCUT2D eigenvalue weighted by Gasteiger charge is 2.07. The first-order valence-corrected chi connectivity index (χ1v) is 5.30. The number of rotatable bonds is 4. The topological polar surface area (TPSA) is 55.0 Å². The van der Waals surface area contributed by atoms with E-state index in [1.54, 1.807) is 0 Å². The summed E-state index contributed by atoms with van der Waals surface area (Å²) in [6.45, 7) is 6.20. The van der Waals surface area contributed by atoms with E-state index in [9.17, 15) is 0 Å². The van der Waals surface area contributed by atoms with Gasteiger partial charge in [-0.2, -0.15) is 0 Å². The molecule has 0 saturated carbocycles. The van der Waals surface area contributed by atoms with Crippen LogP contribution in [0, 0.1) is 0 Å². The molecule has 0 aliphatic carbocycles. The molecule has 0 saturated heterocycles. The smallest absolute Gasteiger partial charge is 0.225 e. The molecule has 1 atom stereocenters. The summed E-state index contributed by atoms with van der Waals surface area (Å²) < 4.78 is 0. The van der Waals surface area contributed by atoms with E-state index in [0.717, 1.165) is 17.9 Å². The number of hydrogen-bond acceptors (Lipinski definition) is 4. The van der Waals surface area contributed by atoms with E-state index in [1.165, 1.54) is 0 Å². The van der Waals surface area contributed by atoms with Gasteiger partial charge < -0.3 is 10.6 Å². The Kier molecular flexibility index (Phi) is 4.03. The van der Waals surface area contributed by atoms with E-state index in [4.69, 9.17) is 5.73 Å². The normalized spacial score (nSPS) is 12.9. The molecule has 1 heterocycles. The summed E-state index contributed by atoms with van der Waals surface area (Å²) in [5, 5.41) is 0. The second kappa shape index (κ2) is 5.07. The van der Waals surface area contributed by atoms with Gasteiger partial charge in [0.15, 0.2) is 0 Å². The predicted molar refractivity (Wildman–Crippen MR) is 62.9 cm³/mol. The zero-order chi connectivity index (χ0) is 11.4. The standard InChI is InChI=1S/C11H20N4/c1-8(2)15(4)11-13-6-10(7-14-11)5-9(3)12/h6-9H,5,12H2,1-4H3. The van der Waals surface area contributed by atoms with Crippen molar-refractivity contribution < 1.29 is 0 Å². The van der Waals surface area contributed by atoms with Crippen molar-refractivity contribution in [2.45, 2.75) is 39.3 Å². The number of aromatic nitrogens is 2. The van der Waals surface area contributed by atoms with E-state index in [0.29, 0.717) is 6.04 Å². The molecule has 84 valence electrons. The highest BCUT2D eigenvalue weighted by molar-refractivity contribution is 5.29. The Balaban J connectivity index is 2.72. The minimum atomic E-state index is 0.155. The SMILES string of the molecule is CC(N)Cc1cnc(N(C)C(C)C)nc1. The number of hydrogen-bond donors (Lipinski definition) is 1. The molecule has 1 unspecified atom stereocenters. The first kappa shape index (κ1) is 11.9. The van der Waals surface area contributed by atoms with Crippen molar-refractivity contribution in [3.8, 4) is 0 Å². The molecule has 15 heavy (non-hydrogen) atoms. The van der Waals surface area contributed by atoms with Gasteiger partial charge in [0.1, 0.15) is 0 Å². The molecular formula is C11H20N4. The lowest BCUT2D eigenvalue weighted by Gasteiger charge is -2.21. The molecule has 4 nitrogen and oxygen atoms in total. The summed E-state index contributed by atoms with van der Waals surface area (Å²) >= 11 is 0. The lowest BCUT2D eigenvalue weighted by molar-refractivity contribution is 0.713. The van der Waals surface area contributed by atoms with Gasteiger partial charge in [-0.05, 0) is 32.8 Å². The van der Waals surface area contributed by atoms with Crippen molar-refractivity contribution in [2.24, 2.45) is 5.73 Å². The highest BCUT2D eigenvalue weighted by atomic mass is 15.2. The zero-order valence-electron chi connectivity index (χ0n) is 9.94. The molecule has 0 aromatic carbocycles. The first-order chi connectivity index (χ1) is 7.00. The van der Waals surface area contributed by atoms with Gasteiger partial charge in [-0.1, -0.05) is 0 Å². The maximum atomic E-state index is 5.70. The van der Waals surface area contributed by atoms with Crippen LogP contribution in [0.5, 0.6) is 0 Å². The molecule has 1 aromatic heterocycles. The van der Waals surface area contributed by atoms with Gasteiger partial charge in [0.25, 0.3) is 0 Å². The molecule has 0 aliphatic rings. The Labute approximate surface area is 91.5 Å². The van der Waals surface area contributed by atoms with Crippen LogP contribution in [0.2, 0.25) is 0 Å². The van der Waals surface area contributed by atoms with Crippen molar-refractivity contribution in [3.05, 3.63) is 18.0 Å². The van der Waals surface area contributed by atoms with Crippen molar-refractivity contribution >= 4 is 5.95 Å². The fourth-order valence-corrected chi connectivity index (χ4v) is 1.24. The Morgan fingerprint density at radius 3 is 2.20 bits per heavy atom. The first-order valence-electron chi connectivity index (χ1n) is 5.30. The molecule has 4 heteroatoms.